The second-order valence-corrected chi connectivity index (χ2v) is 6.40. The van der Waals surface area contributed by atoms with Gasteiger partial charge in [0, 0.05) is 42.8 Å². The predicted octanol–water partition coefficient (Wildman–Crippen LogP) is 3.42. The van der Waals surface area contributed by atoms with Gasteiger partial charge in [-0.15, -0.1) is 11.3 Å². The molecule has 0 bridgehead atoms. The molecule has 0 aliphatic carbocycles. The minimum absolute atomic E-state index is 0.112. The Morgan fingerprint density at radius 2 is 1.82 bits per heavy atom. The third-order valence-corrected chi connectivity index (χ3v) is 4.98. The zero-order valence-electron chi connectivity index (χ0n) is 12.7. The molecular formula is C18H20N2OS. The van der Waals surface area contributed by atoms with Crippen molar-refractivity contribution in [1.82, 2.24) is 4.90 Å². The number of benzene rings is 1. The first-order chi connectivity index (χ1) is 10.7. The summed E-state index contributed by atoms with van der Waals surface area (Å²) in [6, 6.07) is 12.5. The molecule has 2 aromatic rings. The van der Waals surface area contributed by atoms with E-state index in [1.54, 1.807) is 17.4 Å². The molecule has 1 fully saturated rings. The Hall–Kier alpha value is -2.07. The summed E-state index contributed by atoms with van der Waals surface area (Å²) in [5, 5.41) is 2.05. The molecule has 0 radical (unpaired) electrons. The van der Waals surface area contributed by atoms with Crippen LogP contribution in [0.5, 0.6) is 0 Å². The lowest BCUT2D eigenvalue weighted by Gasteiger charge is -2.35. The van der Waals surface area contributed by atoms with Crippen LogP contribution in [0.2, 0.25) is 0 Å². The molecule has 0 saturated carbocycles. The summed E-state index contributed by atoms with van der Waals surface area (Å²) < 4.78 is 0. The quantitative estimate of drug-likeness (QED) is 0.811. The van der Waals surface area contributed by atoms with Crippen LogP contribution in [-0.4, -0.2) is 37.0 Å². The van der Waals surface area contributed by atoms with Gasteiger partial charge in [0.05, 0.1) is 0 Å². The zero-order chi connectivity index (χ0) is 15.4. The molecular weight excluding hydrogens is 292 g/mol. The van der Waals surface area contributed by atoms with Gasteiger partial charge in [-0.05, 0) is 42.1 Å². The van der Waals surface area contributed by atoms with Gasteiger partial charge < -0.3 is 9.80 Å². The van der Waals surface area contributed by atoms with Gasteiger partial charge in [0.15, 0.2) is 0 Å². The summed E-state index contributed by atoms with van der Waals surface area (Å²) in [5.74, 6) is 0.112. The third kappa shape index (κ3) is 3.39. The van der Waals surface area contributed by atoms with Crippen molar-refractivity contribution in [2.24, 2.45) is 0 Å². The molecule has 1 aliphatic rings. The van der Waals surface area contributed by atoms with E-state index in [2.05, 4.69) is 47.5 Å². The van der Waals surface area contributed by atoms with Crippen molar-refractivity contribution in [2.75, 3.05) is 31.1 Å². The van der Waals surface area contributed by atoms with Gasteiger partial charge in [-0.25, -0.2) is 0 Å². The second-order valence-electron chi connectivity index (χ2n) is 5.45. The molecule has 0 unspecified atom stereocenters. The summed E-state index contributed by atoms with van der Waals surface area (Å²) in [7, 11) is 0. The molecule has 3 nitrogen and oxygen atoms in total. The summed E-state index contributed by atoms with van der Waals surface area (Å²) >= 11 is 1.67. The highest BCUT2D eigenvalue weighted by Crippen LogP contribution is 2.18. The number of para-hydroxylation sites is 1. The molecule has 22 heavy (non-hydrogen) atoms. The minimum Gasteiger partial charge on any atom is -0.368 e. The minimum atomic E-state index is 0.112. The average molecular weight is 312 g/mol. The van der Waals surface area contributed by atoms with Gasteiger partial charge in [-0.3, -0.25) is 4.79 Å². The average Bonchev–Trinajstić information content (AvgIpc) is 2.99. The molecule has 1 aliphatic heterocycles. The number of amides is 1. The summed E-state index contributed by atoms with van der Waals surface area (Å²) in [5.41, 5.74) is 2.46. The van der Waals surface area contributed by atoms with Crippen molar-refractivity contribution in [3.8, 4) is 0 Å². The molecule has 3 rings (SSSR count). The van der Waals surface area contributed by atoms with Crippen molar-refractivity contribution >= 4 is 29.0 Å². The predicted molar refractivity (Wildman–Crippen MR) is 93.3 cm³/mol. The summed E-state index contributed by atoms with van der Waals surface area (Å²) in [6.07, 6.45) is 3.64. The zero-order valence-corrected chi connectivity index (χ0v) is 13.6. The van der Waals surface area contributed by atoms with E-state index in [0.29, 0.717) is 0 Å². The lowest BCUT2D eigenvalue weighted by atomic mass is 10.2. The van der Waals surface area contributed by atoms with Crippen molar-refractivity contribution in [3.63, 3.8) is 0 Å². The van der Waals surface area contributed by atoms with Gasteiger partial charge in [0.25, 0.3) is 0 Å². The van der Waals surface area contributed by atoms with Crippen LogP contribution in [-0.2, 0) is 4.79 Å². The van der Waals surface area contributed by atoms with E-state index in [-0.39, 0.29) is 5.91 Å². The molecule has 1 amide bonds. The molecule has 1 saturated heterocycles. The first-order valence-corrected chi connectivity index (χ1v) is 8.43. The molecule has 0 atom stereocenters. The monoisotopic (exact) mass is 312 g/mol. The van der Waals surface area contributed by atoms with Crippen LogP contribution in [0, 0.1) is 6.92 Å². The first-order valence-electron chi connectivity index (χ1n) is 7.55. The van der Waals surface area contributed by atoms with E-state index in [0.717, 1.165) is 31.1 Å². The van der Waals surface area contributed by atoms with Gasteiger partial charge in [0.2, 0.25) is 5.91 Å². The number of aryl methyl sites for hydroxylation is 1. The molecule has 0 spiro atoms. The van der Waals surface area contributed by atoms with Gasteiger partial charge >= 0.3 is 0 Å². The highest BCUT2D eigenvalue weighted by molar-refractivity contribution is 7.11. The fraction of sp³-hybridized carbons (Fsp3) is 0.278. The molecule has 0 N–H and O–H groups in total. The Labute approximate surface area is 135 Å². The van der Waals surface area contributed by atoms with Crippen molar-refractivity contribution in [1.29, 1.82) is 0 Å². The Balaban J connectivity index is 1.56. The number of rotatable bonds is 3. The second kappa shape index (κ2) is 6.79. The maximum atomic E-state index is 12.3. The van der Waals surface area contributed by atoms with E-state index < -0.39 is 0 Å². The highest BCUT2D eigenvalue weighted by atomic mass is 32.1. The van der Waals surface area contributed by atoms with Crippen LogP contribution in [0.4, 0.5) is 5.69 Å². The molecule has 4 heteroatoms. The van der Waals surface area contributed by atoms with Crippen molar-refractivity contribution in [2.45, 2.75) is 6.92 Å². The Morgan fingerprint density at radius 1 is 1.09 bits per heavy atom. The number of nitrogens with zero attached hydrogens (tertiary/aromatic N) is 2. The molecule has 114 valence electrons. The van der Waals surface area contributed by atoms with Crippen LogP contribution in [0.15, 0.2) is 47.9 Å². The van der Waals surface area contributed by atoms with E-state index in [4.69, 9.17) is 0 Å². The number of carbonyl (C=O) groups excluding carboxylic acids is 1. The summed E-state index contributed by atoms with van der Waals surface area (Å²) in [4.78, 5) is 17.7. The lowest BCUT2D eigenvalue weighted by molar-refractivity contribution is -0.126. The van der Waals surface area contributed by atoms with Crippen LogP contribution in [0.3, 0.4) is 0 Å². The first kappa shape index (κ1) is 14.9. The lowest BCUT2D eigenvalue weighted by Crippen LogP contribution is -2.48. The number of hydrogen-bond acceptors (Lipinski definition) is 3. The standard InChI is InChI=1S/C18H20N2OS/c1-15-9-14-22-17(15)7-8-18(21)20-12-10-19(11-13-20)16-5-3-2-4-6-16/h2-9,14H,10-13H2,1H3/b8-7+. The Bertz CT molecular complexity index is 655. The van der Waals surface area contributed by atoms with Crippen LogP contribution in [0.1, 0.15) is 10.4 Å². The van der Waals surface area contributed by atoms with Crippen LogP contribution < -0.4 is 4.90 Å². The number of anilines is 1. The Kier molecular flexibility index (Phi) is 4.59. The SMILES string of the molecule is Cc1ccsc1/C=C/C(=O)N1CCN(c2ccccc2)CC1. The van der Waals surface area contributed by atoms with Gasteiger partial charge in [-0.2, -0.15) is 0 Å². The van der Waals surface area contributed by atoms with Crippen molar-refractivity contribution < 1.29 is 4.79 Å². The van der Waals surface area contributed by atoms with E-state index >= 15 is 0 Å². The fourth-order valence-corrected chi connectivity index (χ4v) is 3.45. The molecule has 2 heterocycles. The van der Waals surface area contributed by atoms with Crippen molar-refractivity contribution in [3.05, 3.63) is 58.3 Å². The number of piperazine rings is 1. The third-order valence-electron chi connectivity index (χ3n) is 3.99. The van der Waals surface area contributed by atoms with Crippen LogP contribution >= 0.6 is 11.3 Å². The number of carbonyl (C=O) groups is 1. The molecule has 1 aromatic carbocycles. The van der Waals surface area contributed by atoms with E-state index in [1.165, 1.54) is 11.3 Å². The van der Waals surface area contributed by atoms with Gasteiger partial charge in [0.1, 0.15) is 0 Å². The Morgan fingerprint density at radius 3 is 2.45 bits per heavy atom. The maximum Gasteiger partial charge on any atom is 0.246 e. The maximum absolute atomic E-state index is 12.3. The van der Waals surface area contributed by atoms with E-state index in [1.807, 2.05) is 17.0 Å². The van der Waals surface area contributed by atoms with Crippen LogP contribution in [0.25, 0.3) is 6.08 Å². The number of thiophene rings is 1. The van der Waals surface area contributed by atoms with E-state index in [9.17, 15) is 4.79 Å². The normalized spacial score (nSPS) is 15.5. The summed E-state index contributed by atoms with van der Waals surface area (Å²) in [6.45, 7) is 5.41. The largest absolute Gasteiger partial charge is 0.368 e. The number of hydrogen-bond donors (Lipinski definition) is 0. The van der Waals surface area contributed by atoms with Gasteiger partial charge in [-0.1, -0.05) is 18.2 Å². The molecule has 1 aromatic heterocycles. The highest BCUT2D eigenvalue weighted by Gasteiger charge is 2.19. The smallest absolute Gasteiger partial charge is 0.246 e. The topological polar surface area (TPSA) is 23.6 Å². The fourth-order valence-electron chi connectivity index (χ4n) is 2.63.